The fourth-order valence-corrected chi connectivity index (χ4v) is 2.93. The van der Waals surface area contributed by atoms with Crippen molar-refractivity contribution in [1.29, 1.82) is 0 Å². The summed E-state index contributed by atoms with van der Waals surface area (Å²) in [6.07, 6.45) is 0. The van der Waals surface area contributed by atoms with Crippen LogP contribution in [0.2, 0.25) is 0 Å². The predicted octanol–water partition coefficient (Wildman–Crippen LogP) is 1.47. The minimum atomic E-state index is -0.478. The van der Waals surface area contributed by atoms with Gasteiger partial charge in [0.2, 0.25) is 5.91 Å². The molecule has 2 heterocycles. The van der Waals surface area contributed by atoms with Gasteiger partial charge >= 0.3 is 5.69 Å². The fourth-order valence-electron chi connectivity index (χ4n) is 2.93. The number of hydrogen-bond acceptors (Lipinski definition) is 3. The molecule has 0 saturated heterocycles. The predicted molar refractivity (Wildman–Crippen MR) is 96.9 cm³/mol. The molecule has 1 aromatic carbocycles. The van der Waals surface area contributed by atoms with Crippen LogP contribution in [0.15, 0.2) is 46.0 Å². The summed E-state index contributed by atoms with van der Waals surface area (Å²) in [5, 5.41) is 2.76. The maximum absolute atomic E-state index is 12.7. The standard InChI is InChI=1S/C18H20N4O3/c1-4-21-17(24)16-14(10-12(2)20(16)3)22(18(21)25)11-15(23)19-13-8-6-5-7-9-13/h5-10H,4,11H2,1-3H3,(H,19,23). The molecular formula is C18H20N4O3. The molecule has 0 bridgehead atoms. The number of fused-ring (bicyclic) bond motifs is 1. The zero-order valence-electron chi connectivity index (χ0n) is 14.4. The molecule has 0 radical (unpaired) electrons. The zero-order chi connectivity index (χ0) is 18.1. The van der Waals surface area contributed by atoms with Crippen molar-refractivity contribution in [3.63, 3.8) is 0 Å². The van der Waals surface area contributed by atoms with Crippen molar-refractivity contribution < 1.29 is 4.79 Å². The quantitative estimate of drug-likeness (QED) is 0.781. The van der Waals surface area contributed by atoms with E-state index in [1.165, 1.54) is 4.57 Å². The van der Waals surface area contributed by atoms with Crippen molar-refractivity contribution in [1.82, 2.24) is 13.7 Å². The number of rotatable bonds is 4. The van der Waals surface area contributed by atoms with Crippen molar-refractivity contribution >= 4 is 22.6 Å². The summed E-state index contributed by atoms with van der Waals surface area (Å²) < 4.78 is 4.25. The number of hydrogen-bond donors (Lipinski definition) is 1. The van der Waals surface area contributed by atoms with Crippen molar-refractivity contribution in [3.8, 4) is 0 Å². The van der Waals surface area contributed by atoms with E-state index in [1.807, 2.05) is 25.1 Å². The van der Waals surface area contributed by atoms with Gasteiger partial charge in [0.1, 0.15) is 12.1 Å². The van der Waals surface area contributed by atoms with E-state index < -0.39 is 5.69 Å². The molecule has 7 nitrogen and oxygen atoms in total. The van der Waals surface area contributed by atoms with Crippen LogP contribution in [0.5, 0.6) is 0 Å². The van der Waals surface area contributed by atoms with E-state index >= 15 is 0 Å². The van der Waals surface area contributed by atoms with E-state index in [1.54, 1.807) is 36.7 Å². The summed E-state index contributed by atoms with van der Waals surface area (Å²) in [7, 11) is 1.78. The number of amides is 1. The van der Waals surface area contributed by atoms with Crippen LogP contribution in [-0.4, -0.2) is 19.6 Å². The van der Waals surface area contributed by atoms with Gasteiger partial charge < -0.3 is 9.88 Å². The van der Waals surface area contributed by atoms with Gasteiger partial charge in [0, 0.05) is 25.0 Å². The molecule has 25 heavy (non-hydrogen) atoms. The molecule has 1 amide bonds. The second-order valence-corrected chi connectivity index (χ2v) is 5.91. The number of carbonyl (C=O) groups excluding carboxylic acids is 1. The van der Waals surface area contributed by atoms with E-state index in [0.29, 0.717) is 16.7 Å². The smallest absolute Gasteiger partial charge is 0.332 e. The zero-order valence-corrected chi connectivity index (χ0v) is 14.4. The van der Waals surface area contributed by atoms with Crippen molar-refractivity contribution in [2.75, 3.05) is 5.32 Å². The maximum Gasteiger partial charge on any atom is 0.332 e. The SMILES string of the molecule is CCn1c(=O)c2c(cc(C)n2C)n(CC(=O)Nc2ccccc2)c1=O. The van der Waals surface area contributed by atoms with Gasteiger partial charge in [-0.05, 0) is 32.0 Å². The van der Waals surface area contributed by atoms with Gasteiger partial charge in [-0.3, -0.25) is 18.7 Å². The Hall–Kier alpha value is -3.09. The van der Waals surface area contributed by atoms with Gasteiger partial charge in [-0.25, -0.2) is 4.79 Å². The molecule has 0 atom stereocenters. The summed E-state index contributed by atoms with van der Waals surface area (Å²) >= 11 is 0. The van der Waals surface area contributed by atoms with Crippen LogP contribution in [0.3, 0.4) is 0 Å². The molecule has 2 aromatic heterocycles. The van der Waals surface area contributed by atoms with Crippen LogP contribution < -0.4 is 16.6 Å². The van der Waals surface area contributed by atoms with E-state index in [9.17, 15) is 14.4 Å². The number of aromatic nitrogens is 3. The third kappa shape index (κ3) is 2.88. The first-order chi connectivity index (χ1) is 11.9. The van der Waals surface area contributed by atoms with Gasteiger partial charge in [0.05, 0.1) is 5.52 Å². The summed E-state index contributed by atoms with van der Waals surface area (Å²) in [6.45, 7) is 3.68. The Morgan fingerprint density at radius 2 is 1.80 bits per heavy atom. The Morgan fingerprint density at radius 1 is 1.12 bits per heavy atom. The molecule has 0 fully saturated rings. The molecule has 3 rings (SSSR count). The number of nitrogens with one attached hydrogen (secondary N) is 1. The van der Waals surface area contributed by atoms with Gasteiger partial charge in [-0.1, -0.05) is 18.2 Å². The first kappa shape index (κ1) is 16.8. The Labute approximate surface area is 144 Å². The lowest BCUT2D eigenvalue weighted by Crippen LogP contribution is -2.41. The number of nitrogens with zero attached hydrogens (tertiary/aromatic N) is 3. The average Bonchev–Trinajstić information content (AvgIpc) is 2.88. The highest BCUT2D eigenvalue weighted by Gasteiger charge is 2.18. The highest BCUT2D eigenvalue weighted by molar-refractivity contribution is 5.91. The van der Waals surface area contributed by atoms with Gasteiger partial charge in [0.15, 0.2) is 0 Å². The molecule has 0 aliphatic heterocycles. The maximum atomic E-state index is 12.7. The van der Waals surface area contributed by atoms with Crippen LogP contribution in [0.25, 0.3) is 11.0 Å². The molecule has 3 aromatic rings. The second-order valence-electron chi connectivity index (χ2n) is 5.91. The van der Waals surface area contributed by atoms with Crippen LogP contribution in [0.4, 0.5) is 5.69 Å². The molecule has 7 heteroatoms. The molecule has 0 unspecified atom stereocenters. The molecule has 130 valence electrons. The number of aryl methyl sites for hydroxylation is 2. The van der Waals surface area contributed by atoms with E-state index in [0.717, 1.165) is 10.3 Å². The van der Waals surface area contributed by atoms with Gasteiger partial charge in [-0.2, -0.15) is 0 Å². The molecular weight excluding hydrogens is 320 g/mol. The van der Waals surface area contributed by atoms with Crippen molar-refractivity contribution in [3.05, 3.63) is 62.9 Å². The van der Waals surface area contributed by atoms with Crippen LogP contribution in [0, 0.1) is 6.92 Å². The molecule has 0 saturated carbocycles. The van der Waals surface area contributed by atoms with E-state index in [4.69, 9.17) is 0 Å². The number of para-hydroxylation sites is 1. The number of carbonyl (C=O) groups is 1. The average molecular weight is 340 g/mol. The van der Waals surface area contributed by atoms with E-state index in [2.05, 4.69) is 5.32 Å². The minimum absolute atomic E-state index is 0.159. The normalized spacial score (nSPS) is 11.0. The van der Waals surface area contributed by atoms with Crippen molar-refractivity contribution in [2.45, 2.75) is 26.9 Å². The van der Waals surface area contributed by atoms with E-state index in [-0.39, 0.29) is 24.6 Å². The lowest BCUT2D eigenvalue weighted by atomic mass is 10.3. The third-order valence-electron chi connectivity index (χ3n) is 4.33. The molecule has 0 aliphatic carbocycles. The van der Waals surface area contributed by atoms with Crippen molar-refractivity contribution in [2.24, 2.45) is 7.05 Å². The van der Waals surface area contributed by atoms with Gasteiger partial charge in [0.25, 0.3) is 5.56 Å². The second kappa shape index (κ2) is 6.43. The van der Waals surface area contributed by atoms with Gasteiger partial charge in [-0.15, -0.1) is 0 Å². The Morgan fingerprint density at radius 3 is 2.44 bits per heavy atom. The largest absolute Gasteiger partial charge is 0.342 e. The Bertz CT molecular complexity index is 1060. The monoisotopic (exact) mass is 340 g/mol. The summed E-state index contributed by atoms with van der Waals surface area (Å²) in [6, 6.07) is 10.8. The van der Waals surface area contributed by atoms with Crippen LogP contribution in [-0.2, 0) is 24.9 Å². The Kier molecular flexibility index (Phi) is 4.31. The number of anilines is 1. The Balaban J connectivity index is 2.09. The molecule has 1 N–H and O–H groups in total. The highest BCUT2D eigenvalue weighted by atomic mass is 16.2. The molecule has 0 aliphatic rings. The summed E-state index contributed by atoms with van der Waals surface area (Å²) in [5.74, 6) is -0.322. The lowest BCUT2D eigenvalue weighted by Gasteiger charge is -2.12. The fraction of sp³-hybridized carbons (Fsp3) is 0.278. The first-order valence-corrected chi connectivity index (χ1v) is 8.08. The number of benzene rings is 1. The third-order valence-corrected chi connectivity index (χ3v) is 4.33. The lowest BCUT2D eigenvalue weighted by molar-refractivity contribution is -0.116. The summed E-state index contributed by atoms with van der Waals surface area (Å²) in [5.41, 5.74) is 1.59. The minimum Gasteiger partial charge on any atom is -0.342 e. The highest BCUT2D eigenvalue weighted by Crippen LogP contribution is 2.14. The van der Waals surface area contributed by atoms with Crippen LogP contribution in [0.1, 0.15) is 12.6 Å². The van der Waals surface area contributed by atoms with Crippen LogP contribution >= 0.6 is 0 Å². The first-order valence-electron chi connectivity index (χ1n) is 8.08. The summed E-state index contributed by atoms with van der Waals surface area (Å²) in [4.78, 5) is 37.6. The molecule has 0 spiro atoms. The topological polar surface area (TPSA) is 78.0 Å².